The molecular weight excluding hydrogens is 624 g/mol. The average Bonchev–Trinajstić information content (AvgIpc) is 3.58. The van der Waals surface area contributed by atoms with Gasteiger partial charge in [-0.3, -0.25) is 19.5 Å². The quantitative estimate of drug-likeness (QED) is 0.186. The number of carboxylic acid groups (broad SMARTS) is 1. The molecular formula is C30H29ClF4N4O4S. The molecule has 4 aromatic rings. The van der Waals surface area contributed by atoms with Gasteiger partial charge in [-0.1, -0.05) is 25.4 Å². The van der Waals surface area contributed by atoms with Crippen LogP contribution in [-0.2, 0) is 27.5 Å². The average molecular weight is 653 g/mol. The molecule has 0 unspecified atom stereocenters. The molecule has 2 N–H and O–H groups in total. The monoisotopic (exact) mass is 652 g/mol. The molecule has 0 aliphatic carbocycles. The van der Waals surface area contributed by atoms with Crippen LogP contribution < -0.4 is 5.32 Å². The zero-order chi connectivity index (χ0) is 32.0. The standard InChI is InChI=1S/C28H28ClFN4O2S.C2HF3O2/c1-27(2)14-23(35)34(26(27)36)15-19-13-22-25(37-19)20(3-7-32-22)21-12-18(29)11-17-4-10-33(24(17)21)16-28(30)5-8-31-9-6-28;3-2(4,5)1(6)7/h3-4,7,10-13,31H,5-6,8-9,14-16H2,1-2H3;(H,6,7). The van der Waals surface area contributed by atoms with Gasteiger partial charge in [0, 0.05) is 45.2 Å². The molecule has 0 radical (unpaired) electrons. The maximum absolute atomic E-state index is 15.7. The molecule has 14 heteroatoms. The predicted octanol–water partition coefficient (Wildman–Crippen LogP) is 6.58. The number of carbonyl (C=O) groups is 3. The first-order chi connectivity index (χ1) is 20.6. The van der Waals surface area contributed by atoms with Crippen LogP contribution in [0.4, 0.5) is 17.6 Å². The fourth-order valence-electron chi connectivity index (χ4n) is 5.61. The summed E-state index contributed by atoms with van der Waals surface area (Å²) >= 11 is 8.07. The van der Waals surface area contributed by atoms with Gasteiger partial charge in [-0.05, 0) is 56.3 Å². The minimum atomic E-state index is -5.08. The van der Waals surface area contributed by atoms with Crippen molar-refractivity contribution < 1.29 is 37.1 Å². The molecule has 0 atom stereocenters. The van der Waals surface area contributed by atoms with E-state index in [0.717, 1.165) is 37.1 Å². The lowest BCUT2D eigenvalue weighted by atomic mass is 9.92. The maximum Gasteiger partial charge on any atom is 0.490 e. The number of alkyl halides is 4. The Labute approximate surface area is 258 Å². The first-order valence-corrected chi connectivity index (χ1v) is 15.0. The van der Waals surface area contributed by atoms with Gasteiger partial charge in [-0.25, -0.2) is 9.18 Å². The van der Waals surface area contributed by atoms with E-state index < -0.39 is 23.2 Å². The van der Waals surface area contributed by atoms with E-state index in [2.05, 4.69) is 10.3 Å². The number of piperidine rings is 1. The molecule has 0 bridgehead atoms. The summed E-state index contributed by atoms with van der Waals surface area (Å²) in [6, 6.07) is 9.73. The van der Waals surface area contributed by atoms with Crippen molar-refractivity contribution in [2.24, 2.45) is 5.41 Å². The molecule has 5 heterocycles. The van der Waals surface area contributed by atoms with Gasteiger partial charge in [0.1, 0.15) is 5.67 Å². The zero-order valence-electron chi connectivity index (χ0n) is 23.8. The van der Waals surface area contributed by atoms with Gasteiger partial charge < -0.3 is 15.0 Å². The highest BCUT2D eigenvalue weighted by molar-refractivity contribution is 7.19. The molecule has 2 fully saturated rings. The normalized spacial score (nSPS) is 18.1. The van der Waals surface area contributed by atoms with Crippen LogP contribution in [0.15, 0.2) is 42.7 Å². The van der Waals surface area contributed by atoms with Crippen LogP contribution in [0.25, 0.3) is 32.2 Å². The van der Waals surface area contributed by atoms with Crippen molar-refractivity contribution in [3.05, 3.63) is 52.6 Å². The number of nitrogens with one attached hydrogen (secondary N) is 1. The van der Waals surface area contributed by atoms with E-state index in [1.165, 1.54) is 16.2 Å². The van der Waals surface area contributed by atoms with E-state index in [4.69, 9.17) is 21.5 Å². The Morgan fingerprint density at radius 1 is 1.14 bits per heavy atom. The highest BCUT2D eigenvalue weighted by Crippen LogP contribution is 2.41. The lowest BCUT2D eigenvalue weighted by Gasteiger charge is -2.31. The van der Waals surface area contributed by atoms with Gasteiger partial charge in [0.25, 0.3) is 0 Å². The number of hydrogen-bond donors (Lipinski definition) is 2. The van der Waals surface area contributed by atoms with Crippen molar-refractivity contribution in [1.29, 1.82) is 0 Å². The van der Waals surface area contributed by atoms with Crippen LogP contribution in [-0.4, -0.2) is 62.3 Å². The third-order valence-corrected chi connectivity index (χ3v) is 9.17. The molecule has 2 aliphatic rings. The lowest BCUT2D eigenvalue weighted by Crippen LogP contribution is -2.41. The van der Waals surface area contributed by atoms with Crippen molar-refractivity contribution in [1.82, 2.24) is 19.8 Å². The molecule has 2 amide bonds. The van der Waals surface area contributed by atoms with E-state index in [1.807, 2.05) is 54.9 Å². The Hall–Kier alpha value is -3.55. The number of carbonyl (C=O) groups excluding carboxylic acids is 2. The Balaban J connectivity index is 0.000000493. The fourth-order valence-corrected chi connectivity index (χ4v) is 6.97. The Kier molecular flexibility index (Phi) is 8.51. The maximum atomic E-state index is 15.7. The summed E-state index contributed by atoms with van der Waals surface area (Å²) in [5.41, 5.74) is 1.67. The molecule has 8 nitrogen and oxygen atoms in total. The van der Waals surface area contributed by atoms with Gasteiger partial charge in [0.05, 0.1) is 34.2 Å². The number of halogens is 5. The number of rotatable bonds is 5. The first-order valence-electron chi connectivity index (χ1n) is 13.8. The Morgan fingerprint density at radius 3 is 2.43 bits per heavy atom. The van der Waals surface area contributed by atoms with E-state index in [0.29, 0.717) is 31.0 Å². The number of aromatic nitrogens is 2. The van der Waals surface area contributed by atoms with E-state index in [-0.39, 0.29) is 31.3 Å². The smallest absolute Gasteiger partial charge is 0.475 e. The van der Waals surface area contributed by atoms with Crippen LogP contribution in [0, 0.1) is 5.41 Å². The molecule has 44 heavy (non-hydrogen) atoms. The van der Waals surface area contributed by atoms with Gasteiger partial charge in [0.2, 0.25) is 11.8 Å². The Bertz CT molecular complexity index is 1760. The number of thiophene rings is 1. The second-order valence-corrected chi connectivity index (χ2v) is 13.2. The highest BCUT2D eigenvalue weighted by Gasteiger charge is 2.44. The molecule has 6 rings (SSSR count). The number of aliphatic carboxylic acids is 1. The first kappa shape index (κ1) is 31.9. The van der Waals surface area contributed by atoms with Gasteiger partial charge in [-0.15, -0.1) is 11.3 Å². The summed E-state index contributed by atoms with van der Waals surface area (Å²) in [4.78, 5) is 41.0. The van der Waals surface area contributed by atoms with E-state index in [1.54, 1.807) is 6.20 Å². The van der Waals surface area contributed by atoms with E-state index >= 15 is 4.39 Å². The largest absolute Gasteiger partial charge is 0.490 e. The van der Waals surface area contributed by atoms with Crippen LogP contribution in [0.1, 0.15) is 38.0 Å². The number of likely N-dealkylation sites (tertiary alicyclic amines) is 1. The third kappa shape index (κ3) is 6.45. The summed E-state index contributed by atoms with van der Waals surface area (Å²) in [5, 5.41) is 11.9. The van der Waals surface area contributed by atoms with Crippen LogP contribution in [0.5, 0.6) is 0 Å². The number of fused-ring (bicyclic) bond motifs is 2. The molecule has 0 saturated carbocycles. The van der Waals surface area contributed by atoms with Gasteiger partial charge in [0.15, 0.2) is 0 Å². The van der Waals surface area contributed by atoms with Crippen molar-refractivity contribution >= 4 is 61.8 Å². The minimum absolute atomic E-state index is 0.143. The number of benzene rings is 1. The van der Waals surface area contributed by atoms with Crippen LogP contribution in [0.3, 0.4) is 0 Å². The third-order valence-electron chi connectivity index (χ3n) is 7.81. The summed E-state index contributed by atoms with van der Waals surface area (Å²) < 4.78 is 50.4. The Morgan fingerprint density at radius 2 is 1.82 bits per heavy atom. The second-order valence-electron chi connectivity index (χ2n) is 11.7. The summed E-state index contributed by atoms with van der Waals surface area (Å²) in [7, 11) is 0. The lowest BCUT2D eigenvalue weighted by molar-refractivity contribution is -0.192. The van der Waals surface area contributed by atoms with Crippen molar-refractivity contribution in [3.63, 3.8) is 0 Å². The number of carboxylic acids is 1. The molecule has 2 saturated heterocycles. The number of hydrogen-bond acceptors (Lipinski definition) is 6. The molecule has 0 spiro atoms. The van der Waals surface area contributed by atoms with Gasteiger partial charge >= 0.3 is 12.1 Å². The second kappa shape index (κ2) is 11.8. The number of imide groups is 1. The predicted molar refractivity (Wildman–Crippen MR) is 159 cm³/mol. The topological polar surface area (TPSA) is 105 Å². The summed E-state index contributed by atoms with van der Waals surface area (Å²) in [5.74, 6) is -3.05. The van der Waals surface area contributed by atoms with E-state index in [9.17, 15) is 22.8 Å². The SMILES string of the molecule is CC1(C)CC(=O)N(Cc2cc3nccc(-c4cc(Cl)cc5ccn(CC6(F)CCNCC6)c45)c3s2)C1=O.O=C(O)C(F)(F)F. The number of amides is 2. The number of pyridine rings is 1. The molecule has 1 aromatic carbocycles. The number of nitrogens with zero attached hydrogens (tertiary/aromatic N) is 3. The van der Waals surface area contributed by atoms with Gasteiger partial charge in [-0.2, -0.15) is 13.2 Å². The highest BCUT2D eigenvalue weighted by atomic mass is 35.5. The van der Waals surface area contributed by atoms with Crippen molar-refractivity contribution in [2.75, 3.05) is 13.1 Å². The molecule has 234 valence electrons. The minimum Gasteiger partial charge on any atom is -0.475 e. The summed E-state index contributed by atoms with van der Waals surface area (Å²) in [6.45, 7) is 5.49. The van der Waals surface area contributed by atoms with Crippen molar-refractivity contribution in [3.8, 4) is 11.1 Å². The zero-order valence-corrected chi connectivity index (χ0v) is 25.4. The van der Waals surface area contributed by atoms with Crippen LogP contribution >= 0.6 is 22.9 Å². The van der Waals surface area contributed by atoms with Crippen LogP contribution in [0.2, 0.25) is 5.02 Å². The fraction of sp³-hybridized carbons (Fsp3) is 0.400. The van der Waals surface area contributed by atoms with Crippen molar-refractivity contribution in [2.45, 2.75) is 58.0 Å². The molecule has 3 aromatic heterocycles. The summed E-state index contributed by atoms with van der Waals surface area (Å²) in [6.07, 6.45) is -0.197. The molecule has 2 aliphatic heterocycles.